The second-order valence-electron chi connectivity index (χ2n) is 3.11. The van der Waals surface area contributed by atoms with E-state index < -0.39 is 0 Å². The summed E-state index contributed by atoms with van der Waals surface area (Å²) in [6.45, 7) is 2.03. The highest BCUT2D eigenvalue weighted by Gasteiger charge is 1.97. The van der Waals surface area contributed by atoms with Crippen LogP contribution in [0.15, 0.2) is 18.2 Å². The zero-order valence-corrected chi connectivity index (χ0v) is 9.26. The number of nitriles is 1. The van der Waals surface area contributed by atoms with Gasteiger partial charge in [-0.05, 0) is 43.0 Å². The number of hydrogen-bond acceptors (Lipinski definition) is 1. The summed E-state index contributed by atoms with van der Waals surface area (Å²) >= 11 is 3.40. The summed E-state index contributed by atoms with van der Waals surface area (Å²) < 4.78 is 0. The van der Waals surface area contributed by atoms with Crippen molar-refractivity contribution >= 4 is 15.9 Å². The van der Waals surface area contributed by atoms with Crippen LogP contribution in [0.5, 0.6) is 0 Å². The highest BCUT2D eigenvalue weighted by Crippen LogP contribution is 2.11. The van der Waals surface area contributed by atoms with Gasteiger partial charge < -0.3 is 0 Å². The van der Waals surface area contributed by atoms with E-state index in [-0.39, 0.29) is 0 Å². The van der Waals surface area contributed by atoms with Crippen LogP contribution in [0.1, 0.15) is 23.1 Å². The minimum atomic E-state index is 0.768. The molecule has 0 amide bonds. The molecule has 0 aliphatic carbocycles. The number of alkyl halides is 1. The first-order valence-corrected chi connectivity index (χ1v) is 5.45. The van der Waals surface area contributed by atoms with Gasteiger partial charge in [0, 0.05) is 5.33 Å². The molecule has 68 valence electrons. The Morgan fingerprint density at radius 1 is 1.38 bits per heavy atom. The van der Waals surface area contributed by atoms with E-state index in [9.17, 15) is 0 Å². The quantitative estimate of drug-likeness (QED) is 0.742. The Bertz CT molecular complexity index is 325. The van der Waals surface area contributed by atoms with Gasteiger partial charge in [0.05, 0.1) is 11.6 Å². The zero-order valence-electron chi connectivity index (χ0n) is 7.68. The van der Waals surface area contributed by atoms with Crippen LogP contribution in [0.25, 0.3) is 0 Å². The zero-order chi connectivity index (χ0) is 9.68. The van der Waals surface area contributed by atoms with E-state index in [2.05, 4.69) is 28.1 Å². The van der Waals surface area contributed by atoms with Gasteiger partial charge in [0.1, 0.15) is 0 Å². The number of aryl methyl sites for hydroxylation is 2. The van der Waals surface area contributed by atoms with Crippen molar-refractivity contribution < 1.29 is 0 Å². The van der Waals surface area contributed by atoms with Gasteiger partial charge in [-0.2, -0.15) is 5.26 Å². The monoisotopic (exact) mass is 237 g/mol. The minimum Gasteiger partial charge on any atom is -0.192 e. The average molecular weight is 238 g/mol. The first kappa shape index (κ1) is 10.3. The van der Waals surface area contributed by atoms with Gasteiger partial charge in [-0.1, -0.05) is 22.0 Å². The molecule has 0 fully saturated rings. The van der Waals surface area contributed by atoms with Crippen molar-refractivity contribution in [3.8, 4) is 6.07 Å². The van der Waals surface area contributed by atoms with Crippen LogP contribution in [0.2, 0.25) is 0 Å². The summed E-state index contributed by atoms with van der Waals surface area (Å²) in [5.41, 5.74) is 3.20. The molecule has 0 saturated heterocycles. The van der Waals surface area contributed by atoms with Crippen molar-refractivity contribution in [1.29, 1.82) is 5.26 Å². The molecule has 1 aromatic rings. The van der Waals surface area contributed by atoms with Crippen molar-refractivity contribution in [3.63, 3.8) is 0 Å². The number of nitrogens with zero attached hydrogens (tertiary/aromatic N) is 1. The molecule has 0 unspecified atom stereocenters. The molecule has 0 aliphatic heterocycles. The molecule has 0 spiro atoms. The summed E-state index contributed by atoms with van der Waals surface area (Å²) in [4.78, 5) is 0. The Morgan fingerprint density at radius 2 is 2.15 bits per heavy atom. The minimum absolute atomic E-state index is 0.768. The van der Waals surface area contributed by atoms with Crippen LogP contribution in [-0.2, 0) is 6.42 Å². The lowest BCUT2D eigenvalue weighted by Gasteiger charge is -2.01. The summed E-state index contributed by atoms with van der Waals surface area (Å²) in [5, 5.41) is 9.77. The highest BCUT2D eigenvalue weighted by molar-refractivity contribution is 9.09. The lowest BCUT2D eigenvalue weighted by Crippen LogP contribution is -1.89. The van der Waals surface area contributed by atoms with Gasteiger partial charge >= 0.3 is 0 Å². The lowest BCUT2D eigenvalue weighted by molar-refractivity contribution is 0.937. The van der Waals surface area contributed by atoms with E-state index in [0.717, 1.165) is 23.7 Å². The van der Waals surface area contributed by atoms with Crippen LogP contribution in [0.4, 0.5) is 0 Å². The summed E-state index contributed by atoms with van der Waals surface area (Å²) in [5.74, 6) is 0. The van der Waals surface area contributed by atoms with Gasteiger partial charge in [-0.3, -0.25) is 0 Å². The van der Waals surface area contributed by atoms with Crippen molar-refractivity contribution in [3.05, 3.63) is 34.9 Å². The summed E-state index contributed by atoms with van der Waals surface area (Å²) in [7, 11) is 0. The van der Waals surface area contributed by atoms with Gasteiger partial charge in [0.2, 0.25) is 0 Å². The third kappa shape index (κ3) is 3.20. The van der Waals surface area contributed by atoms with Gasteiger partial charge in [0.15, 0.2) is 0 Å². The molecule has 0 aromatic heterocycles. The summed E-state index contributed by atoms with van der Waals surface area (Å²) in [6, 6.07) is 8.20. The molecule has 0 N–H and O–H groups in total. The number of benzene rings is 1. The van der Waals surface area contributed by atoms with E-state index >= 15 is 0 Å². The predicted molar refractivity (Wildman–Crippen MR) is 58.0 cm³/mol. The molecule has 1 aromatic carbocycles. The molecule has 0 saturated carbocycles. The van der Waals surface area contributed by atoms with Crippen LogP contribution >= 0.6 is 15.9 Å². The molecule has 0 aliphatic rings. The maximum absolute atomic E-state index is 8.75. The smallest absolute Gasteiger partial charge is 0.0991 e. The number of hydrogen-bond donors (Lipinski definition) is 0. The lowest BCUT2D eigenvalue weighted by atomic mass is 10.0. The second-order valence-corrected chi connectivity index (χ2v) is 3.90. The number of rotatable bonds is 3. The molecule has 13 heavy (non-hydrogen) atoms. The van der Waals surface area contributed by atoms with Crippen LogP contribution in [-0.4, -0.2) is 5.33 Å². The third-order valence-corrected chi connectivity index (χ3v) is 2.43. The van der Waals surface area contributed by atoms with Crippen molar-refractivity contribution in [2.45, 2.75) is 19.8 Å². The molecule has 0 bridgehead atoms. The fourth-order valence-electron chi connectivity index (χ4n) is 1.34. The fourth-order valence-corrected chi connectivity index (χ4v) is 1.62. The van der Waals surface area contributed by atoms with Gasteiger partial charge in [-0.25, -0.2) is 0 Å². The fraction of sp³-hybridized carbons (Fsp3) is 0.364. The van der Waals surface area contributed by atoms with E-state index in [4.69, 9.17) is 5.26 Å². The van der Waals surface area contributed by atoms with Crippen LogP contribution in [0.3, 0.4) is 0 Å². The molecule has 1 rings (SSSR count). The Kier molecular flexibility index (Phi) is 3.98. The van der Waals surface area contributed by atoms with Gasteiger partial charge in [-0.15, -0.1) is 0 Å². The molecular weight excluding hydrogens is 226 g/mol. The predicted octanol–water partition coefficient (Wildman–Crippen LogP) is 3.19. The molecule has 1 nitrogen and oxygen atoms in total. The first-order chi connectivity index (χ1) is 6.26. The van der Waals surface area contributed by atoms with E-state index in [1.54, 1.807) is 0 Å². The van der Waals surface area contributed by atoms with Crippen molar-refractivity contribution in [2.24, 2.45) is 0 Å². The van der Waals surface area contributed by atoms with E-state index in [1.165, 1.54) is 11.1 Å². The molecular formula is C11H12BrN. The molecule has 0 radical (unpaired) electrons. The Balaban J connectivity index is 2.83. The topological polar surface area (TPSA) is 23.8 Å². The maximum Gasteiger partial charge on any atom is 0.0991 e. The van der Waals surface area contributed by atoms with Crippen molar-refractivity contribution in [2.75, 3.05) is 5.33 Å². The molecule has 0 atom stereocenters. The van der Waals surface area contributed by atoms with Crippen LogP contribution < -0.4 is 0 Å². The Morgan fingerprint density at radius 3 is 2.77 bits per heavy atom. The maximum atomic E-state index is 8.75. The molecule has 0 heterocycles. The third-order valence-electron chi connectivity index (χ3n) is 1.87. The van der Waals surface area contributed by atoms with Crippen LogP contribution in [0, 0.1) is 18.3 Å². The standard InChI is InChI=1S/C11H12BrN/c1-9-5-10(3-2-4-12)7-11(6-9)8-13/h5-7H,2-4H2,1H3. The van der Waals surface area contributed by atoms with E-state index in [0.29, 0.717) is 0 Å². The number of halogens is 1. The van der Waals surface area contributed by atoms with E-state index in [1.807, 2.05) is 19.1 Å². The second kappa shape index (κ2) is 5.04. The summed E-state index contributed by atoms with van der Waals surface area (Å²) in [6.07, 6.45) is 2.16. The highest BCUT2D eigenvalue weighted by atomic mass is 79.9. The Labute approximate surface area is 87.5 Å². The average Bonchev–Trinajstić information content (AvgIpc) is 2.14. The molecule has 2 heteroatoms. The SMILES string of the molecule is Cc1cc(C#N)cc(CCCBr)c1. The first-order valence-electron chi connectivity index (χ1n) is 4.33. The largest absolute Gasteiger partial charge is 0.192 e. The van der Waals surface area contributed by atoms with Gasteiger partial charge in [0.25, 0.3) is 0 Å². The van der Waals surface area contributed by atoms with Crippen molar-refractivity contribution in [1.82, 2.24) is 0 Å². The normalized spacial score (nSPS) is 9.62. The Hall–Kier alpha value is -0.810.